The first-order chi connectivity index (χ1) is 3.81. The van der Waals surface area contributed by atoms with Gasteiger partial charge in [-0.1, -0.05) is 0 Å². The largest absolute Gasteiger partial charge is 0.464 e. The fraction of sp³-hybridized carbons (Fsp3) is 0.600. The highest BCUT2D eigenvalue weighted by Crippen LogP contribution is 1.80. The lowest BCUT2D eigenvalue weighted by molar-refractivity contribution is -0.142. The Hall–Kier alpha value is -0.570. The van der Waals surface area contributed by atoms with Gasteiger partial charge < -0.3 is 10.5 Å². The average Bonchev–Trinajstić information content (AvgIpc) is 1.83. The van der Waals surface area contributed by atoms with Crippen LogP contribution in [0.25, 0.3) is 0 Å². The van der Waals surface area contributed by atoms with E-state index in [2.05, 4.69) is 11.7 Å². The van der Waals surface area contributed by atoms with Crippen LogP contribution in [-0.2, 0) is 9.53 Å². The van der Waals surface area contributed by atoms with Crippen molar-refractivity contribution in [3.05, 3.63) is 6.92 Å². The van der Waals surface area contributed by atoms with Gasteiger partial charge in [-0.2, -0.15) is 0 Å². The molecule has 0 bridgehead atoms. The van der Waals surface area contributed by atoms with Crippen LogP contribution in [0.15, 0.2) is 0 Å². The molecule has 8 heavy (non-hydrogen) atoms. The molecular weight excluding hydrogens is 106 g/mol. The van der Waals surface area contributed by atoms with E-state index < -0.39 is 0 Å². The molecule has 0 saturated carbocycles. The highest BCUT2D eigenvalue weighted by Gasteiger charge is 1.93. The molecule has 0 amide bonds. The molecule has 0 spiro atoms. The maximum atomic E-state index is 10.2. The molecule has 0 atom stereocenters. The summed E-state index contributed by atoms with van der Waals surface area (Å²) in [4.78, 5) is 10.2. The molecular formula is C5H10NO2. The number of hydrogen-bond donors (Lipinski definition) is 1. The third kappa shape index (κ3) is 3.61. The third-order valence-corrected chi connectivity index (χ3v) is 0.585. The van der Waals surface area contributed by atoms with Gasteiger partial charge in [0, 0.05) is 13.0 Å². The van der Waals surface area contributed by atoms with E-state index in [0.29, 0.717) is 13.2 Å². The zero-order chi connectivity index (χ0) is 6.41. The van der Waals surface area contributed by atoms with Crippen molar-refractivity contribution in [2.75, 3.05) is 13.2 Å². The van der Waals surface area contributed by atoms with Crippen molar-refractivity contribution < 1.29 is 9.53 Å². The molecule has 0 saturated heterocycles. The van der Waals surface area contributed by atoms with Crippen molar-refractivity contribution in [2.24, 2.45) is 5.73 Å². The second-order valence-electron chi connectivity index (χ2n) is 1.26. The molecule has 0 aromatic rings. The van der Waals surface area contributed by atoms with Crippen LogP contribution in [0.5, 0.6) is 0 Å². The van der Waals surface area contributed by atoms with Crippen molar-refractivity contribution in [2.45, 2.75) is 6.42 Å². The molecule has 0 fully saturated rings. The molecule has 0 rings (SSSR count). The third-order valence-electron chi connectivity index (χ3n) is 0.585. The normalized spacial score (nSPS) is 8.75. The Kier molecular flexibility index (Phi) is 4.26. The smallest absolute Gasteiger partial charge is 0.305 e. The second-order valence-corrected chi connectivity index (χ2v) is 1.26. The summed E-state index contributed by atoms with van der Waals surface area (Å²) < 4.78 is 4.51. The van der Waals surface area contributed by atoms with Crippen molar-refractivity contribution >= 4 is 5.97 Å². The monoisotopic (exact) mass is 116 g/mol. The Bertz CT molecular complexity index is 72.8. The molecule has 0 aliphatic carbocycles. The van der Waals surface area contributed by atoms with Crippen LogP contribution in [-0.4, -0.2) is 19.1 Å². The van der Waals surface area contributed by atoms with Crippen LogP contribution in [0.3, 0.4) is 0 Å². The summed E-state index contributed by atoms with van der Waals surface area (Å²) in [5.41, 5.74) is 5.03. The summed E-state index contributed by atoms with van der Waals surface area (Å²) in [6.45, 7) is 4.00. The van der Waals surface area contributed by atoms with Gasteiger partial charge in [-0.25, -0.2) is 0 Å². The SMILES string of the molecule is [CH2]CC(=O)OCCN. The first-order valence-electron chi connectivity index (χ1n) is 2.46. The molecule has 0 aromatic heterocycles. The standard InChI is InChI=1S/C5H10NO2/c1-2-5(7)8-4-3-6/h1-4,6H2. The summed E-state index contributed by atoms with van der Waals surface area (Å²) in [7, 11) is 0. The lowest BCUT2D eigenvalue weighted by atomic mass is 10.5. The number of carbonyl (C=O) groups excluding carboxylic acids is 1. The Balaban J connectivity index is 2.99. The Morgan fingerprint density at radius 1 is 1.75 bits per heavy atom. The summed E-state index contributed by atoms with van der Waals surface area (Å²) in [5, 5.41) is 0. The van der Waals surface area contributed by atoms with Crippen molar-refractivity contribution in [1.82, 2.24) is 0 Å². The highest BCUT2D eigenvalue weighted by atomic mass is 16.5. The van der Waals surface area contributed by atoms with Gasteiger partial charge in [-0.05, 0) is 6.92 Å². The van der Waals surface area contributed by atoms with Gasteiger partial charge in [0.25, 0.3) is 0 Å². The lowest BCUT2D eigenvalue weighted by Crippen LogP contribution is -2.12. The Labute approximate surface area is 48.8 Å². The minimum absolute atomic E-state index is 0.181. The second kappa shape index (κ2) is 4.59. The van der Waals surface area contributed by atoms with E-state index in [1.54, 1.807) is 0 Å². The molecule has 3 heteroatoms. The van der Waals surface area contributed by atoms with E-state index in [-0.39, 0.29) is 12.4 Å². The number of nitrogens with two attached hydrogens (primary N) is 1. The van der Waals surface area contributed by atoms with E-state index >= 15 is 0 Å². The summed E-state index contributed by atoms with van der Waals surface area (Å²) >= 11 is 0. The van der Waals surface area contributed by atoms with E-state index in [4.69, 9.17) is 5.73 Å². The molecule has 3 nitrogen and oxygen atoms in total. The Morgan fingerprint density at radius 2 is 2.38 bits per heavy atom. The molecule has 0 unspecified atom stereocenters. The van der Waals surface area contributed by atoms with Crippen LogP contribution in [0.1, 0.15) is 6.42 Å². The minimum Gasteiger partial charge on any atom is -0.464 e. The van der Waals surface area contributed by atoms with Gasteiger partial charge in [0.05, 0.1) is 0 Å². The molecule has 0 heterocycles. The van der Waals surface area contributed by atoms with Gasteiger partial charge in [0.15, 0.2) is 0 Å². The predicted molar refractivity (Wildman–Crippen MR) is 30.0 cm³/mol. The maximum Gasteiger partial charge on any atom is 0.305 e. The van der Waals surface area contributed by atoms with Gasteiger partial charge >= 0.3 is 5.97 Å². The zero-order valence-electron chi connectivity index (χ0n) is 4.72. The molecule has 0 aliphatic heterocycles. The molecule has 0 aromatic carbocycles. The zero-order valence-corrected chi connectivity index (χ0v) is 4.72. The van der Waals surface area contributed by atoms with Crippen molar-refractivity contribution in [3.63, 3.8) is 0 Å². The number of ether oxygens (including phenoxy) is 1. The highest BCUT2D eigenvalue weighted by molar-refractivity contribution is 5.69. The van der Waals surface area contributed by atoms with Gasteiger partial charge in [0.2, 0.25) is 0 Å². The van der Waals surface area contributed by atoms with Crippen LogP contribution in [0.4, 0.5) is 0 Å². The van der Waals surface area contributed by atoms with Crippen LogP contribution in [0, 0.1) is 6.92 Å². The summed E-state index contributed by atoms with van der Waals surface area (Å²) in [6, 6.07) is 0. The minimum atomic E-state index is -0.296. The van der Waals surface area contributed by atoms with Crippen LogP contribution < -0.4 is 5.73 Å². The molecule has 0 aliphatic rings. The van der Waals surface area contributed by atoms with E-state index in [0.717, 1.165) is 0 Å². The number of rotatable bonds is 3. The van der Waals surface area contributed by atoms with Gasteiger partial charge in [-0.15, -0.1) is 0 Å². The van der Waals surface area contributed by atoms with Gasteiger partial charge in [-0.3, -0.25) is 4.79 Å². The summed E-state index contributed by atoms with van der Waals surface area (Å²) in [6.07, 6.45) is 0.181. The molecule has 47 valence electrons. The fourth-order valence-electron chi connectivity index (χ4n) is 0.245. The molecule has 1 radical (unpaired) electrons. The van der Waals surface area contributed by atoms with E-state index in [1.807, 2.05) is 0 Å². The van der Waals surface area contributed by atoms with Gasteiger partial charge in [0.1, 0.15) is 6.61 Å². The fourth-order valence-corrected chi connectivity index (χ4v) is 0.245. The Morgan fingerprint density at radius 3 is 2.75 bits per heavy atom. The quantitative estimate of drug-likeness (QED) is 0.515. The lowest BCUT2D eigenvalue weighted by Gasteiger charge is -1.97. The maximum absolute atomic E-state index is 10.2. The summed E-state index contributed by atoms with van der Waals surface area (Å²) in [5.74, 6) is -0.296. The van der Waals surface area contributed by atoms with Crippen molar-refractivity contribution in [3.8, 4) is 0 Å². The number of carbonyl (C=O) groups is 1. The van der Waals surface area contributed by atoms with E-state index in [1.165, 1.54) is 0 Å². The van der Waals surface area contributed by atoms with E-state index in [9.17, 15) is 4.79 Å². The molecule has 2 N–H and O–H groups in total. The van der Waals surface area contributed by atoms with Crippen molar-refractivity contribution in [1.29, 1.82) is 0 Å². The van der Waals surface area contributed by atoms with Crippen LogP contribution >= 0.6 is 0 Å². The van der Waals surface area contributed by atoms with Crippen LogP contribution in [0.2, 0.25) is 0 Å². The average molecular weight is 116 g/mol. The predicted octanol–water partition coefficient (Wildman–Crippen LogP) is -0.288. The first kappa shape index (κ1) is 7.43. The number of esters is 1. The number of hydrogen-bond acceptors (Lipinski definition) is 3. The topological polar surface area (TPSA) is 52.3 Å². The first-order valence-corrected chi connectivity index (χ1v) is 2.46.